The molecule has 0 aliphatic carbocycles. The van der Waals surface area contributed by atoms with Crippen LogP contribution in [0.15, 0.2) is 48.9 Å². The van der Waals surface area contributed by atoms with Crippen LogP contribution >= 0.6 is 0 Å². The number of carbonyl (C=O) groups excluding carboxylic acids is 1. The van der Waals surface area contributed by atoms with Crippen molar-refractivity contribution in [2.24, 2.45) is 5.73 Å². The molecule has 33 heavy (non-hydrogen) atoms. The van der Waals surface area contributed by atoms with E-state index in [0.29, 0.717) is 41.5 Å². The molecular formula is C23H22F2N6O2. The molecule has 0 saturated heterocycles. The predicted octanol–water partition coefficient (Wildman–Crippen LogP) is 3.42. The third-order valence-corrected chi connectivity index (χ3v) is 5.13. The van der Waals surface area contributed by atoms with E-state index in [1.165, 1.54) is 31.6 Å². The highest BCUT2D eigenvalue weighted by Crippen LogP contribution is 2.31. The summed E-state index contributed by atoms with van der Waals surface area (Å²) in [4.78, 5) is 20.9. The second-order valence-corrected chi connectivity index (χ2v) is 7.26. The normalized spacial score (nSPS) is 10.9. The minimum Gasteiger partial charge on any atom is -0.494 e. The van der Waals surface area contributed by atoms with Crippen LogP contribution in [0.2, 0.25) is 0 Å². The van der Waals surface area contributed by atoms with Crippen LogP contribution in [-0.4, -0.2) is 40.5 Å². The number of rotatable bonds is 7. The Kier molecular flexibility index (Phi) is 6.18. The third-order valence-electron chi connectivity index (χ3n) is 5.13. The summed E-state index contributed by atoms with van der Waals surface area (Å²) in [5.74, 6) is -2.05. The zero-order valence-corrected chi connectivity index (χ0v) is 18.0. The summed E-state index contributed by atoms with van der Waals surface area (Å²) >= 11 is 0. The lowest BCUT2D eigenvalue weighted by Gasteiger charge is -2.11. The van der Waals surface area contributed by atoms with Gasteiger partial charge in [0.05, 0.1) is 19.0 Å². The lowest BCUT2D eigenvalue weighted by Crippen LogP contribution is -2.29. The quantitative estimate of drug-likeness (QED) is 0.397. The van der Waals surface area contributed by atoms with Gasteiger partial charge in [-0.2, -0.15) is 4.39 Å². The fourth-order valence-electron chi connectivity index (χ4n) is 3.51. The molecule has 8 nitrogen and oxygen atoms in total. The van der Waals surface area contributed by atoms with Gasteiger partial charge in [-0.15, -0.1) is 0 Å². The van der Waals surface area contributed by atoms with E-state index in [2.05, 4.69) is 20.6 Å². The summed E-state index contributed by atoms with van der Waals surface area (Å²) in [6.07, 6.45) is 4.59. The van der Waals surface area contributed by atoms with Gasteiger partial charge in [-0.3, -0.25) is 9.20 Å². The zero-order valence-electron chi connectivity index (χ0n) is 18.0. The molecular weight excluding hydrogens is 430 g/mol. The van der Waals surface area contributed by atoms with Gasteiger partial charge in [0.1, 0.15) is 0 Å². The van der Waals surface area contributed by atoms with Gasteiger partial charge in [-0.25, -0.2) is 14.4 Å². The monoisotopic (exact) mass is 452 g/mol. The highest BCUT2D eigenvalue weighted by atomic mass is 19.2. The zero-order chi connectivity index (χ0) is 23.5. The van der Waals surface area contributed by atoms with E-state index in [9.17, 15) is 13.6 Å². The van der Waals surface area contributed by atoms with E-state index < -0.39 is 11.6 Å². The van der Waals surface area contributed by atoms with Crippen LogP contribution in [0.25, 0.3) is 16.9 Å². The van der Waals surface area contributed by atoms with Gasteiger partial charge in [0.2, 0.25) is 5.82 Å². The van der Waals surface area contributed by atoms with Crippen LogP contribution in [0, 0.1) is 18.6 Å². The maximum Gasteiger partial charge on any atom is 0.251 e. The van der Waals surface area contributed by atoms with Crippen LogP contribution in [0.3, 0.4) is 0 Å². The minimum atomic E-state index is -1.07. The standard InChI is InChI=1S/C23H22F2N6O2/c1-13-11-14(3-4-15(13)23(32)28-8-7-26)30-21-22-29-12-17(31(22)10-9-27-21)16-5-6-18(33-2)20(25)19(16)24/h3-6,9-12H,7-8,26H2,1-2H3,(H,27,30)(H,28,32). The Morgan fingerprint density at radius 1 is 1.18 bits per heavy atom. The number of ether oxygens (including phenoxy) is 1. The first-order chi connectivity index (χ1) is 15.9. The molecule has 0 unspecified atom stereocenters. The van der Waals surface area contributed by atoms with E-state index in [4.69, 9.17) is 10.5 Å². The molecule has 0 bridgehead atoms. The summed E-state index contributed by atoms with van der Waals surface area (Å²) in [6.45, 7) is 2.58. The van der Waals surface area contributed by atoms with Crippen molar-refractivity contribution in [3.8, 4) is 17.0 Å². The number of benzene rings is 2. The molecule has 0 aliphatic heterocycles. The van der Waals surface area contributed by atoms with Crippen molar-refractivity contribution in [2.45, 2.75) is 6.92 Å². The summed E-state index contributed by atoms with van der Waals surface area (Å²) in [5.41, 5.74) is 8.25. The van der Waals surface area contributed by atoms with Crippen LogP contribution in [0.5, 0.6) is 5.75 Å². The van der Waals surface area contributed by atoms with E-state index in [1.807, 2.05) is 13.0 Å². The molecule has 0 fully saturated rings. The van der Waals surface area contributed by atoms with Gasteiger partial charge in [-0.1, -0.05) is 0 Å². The molecule has 0 radical (unpaired) electrons. The number of carbonyl (C=O) groups is 1. The summed E-state index contributed by atoms with van der Waals surface area (Å²) in [7, 11) is 1.27. The number of fused-ring (bicyclic) bond motifs is 1. The number of amides is 1. The lowest BCUT2D eigenvalue weighted by molar-refractivity contribution is 0.0954. The molecule has 4 rings (SSSR count). The lowest BCUT2D eigenvalue weighted by atomic mass is 10.1. The van der Waals surface area contributed by atoms with Crippen molar-refractivity contribution in [1.82, 2.24) is 19.7 Å². The van der Waals surface area contributed by atoms with Crippen LogP contribution in [0.1, 0.15) is 15.9 Å². The largest absolute Gasteiger partial charge is 0.494 e. The van der Waals surface area contributed by atoms with Gasteiger partial charge in [-0.05, 0) is 42.8 Å². The minimum absolute atomic E-state index is 0.0432. The Labute approximate surface area is 188 Å². The third kappa shape index (κ3) is 4.20. The number of anilines is 2. The Hall–Kier alpha value is -4.05. The van der Waals surface area contributed by atoms with Gasteiger partial charge in [0.15, 0.2) is 23.0 Å². The van der Waals surface area contributed by atoms with E-state index in [-0.39, 0.29) is 17.2 Å². The summed E-state index contributed by atoms with van der Waals surface area (Å²) < 4.78 is 35.3. The van der Waals surface area contributed by atoms with Gasteiger partial charge in [0.25, 0.3) is 5.91 Å². The molecule has 0 spiro atoms. The van der Waals surface area contributed by atoms with Crippen LogP contribution < -0.4 is 21.1 Å². The van der Waals surface area contributed by atoms with Gasteiger partial charge >= 0.3 is 0 Å². The fraction of sp³-hybridized carbons (Fsp3) is 0.174. The van der Waals surface area contributed by atoms with Gasteiger partial charge in [0, 0.05) is 42.3 Å². The highest BCUT2D eigenvalue weighted by Gasteiger charge is 2.19. The van der Waals surface area contributed by atoms with Crippen molar-refractivity contribution in [3.63, 3.8) is 0 Å². The molecule has 2 aromatic carbocycles. The molecule has 0 saturated carbocycles. The van der Waals surface area contributed by atoms with Crippen molar-refractivity contribution in [2.75, 3.05) is 25.5 Å². The number of nitrogens with two attached hydrogens (primary N) is 1. The first-order valence-electron chi connectivity index (χ1n) is 10.1. The molecule has 2 aromatic heterocycles. The molecule has 0 aliphatic rings. The Balaban J connectivity index is 1.66. The van der Waals surface area contributed by atoms with E-state index in [1.54, 1.807) is 22.7 Å². The van der Waals surface area contributed by atoms with Crippen LogP contribution in [0.4, 0.5) is 20.3 Å². The maximum absolute atomic E-state index is 14.6. The SMILES string of the molecule is COc1ccc(-c2cnc3c(Nc4ccc(C(=O)NCCN)c(C)c4)nccn23)c(F)c1F. The Morgan fingerprint density at radius 2 is 2.00 bits per heavy atom. The first kappa shape index (κ1) is 22.2. The summed E-state index contributed by atoms with van der Waals surface area (Å²) in [5, 5.41) is 5.91. The first-order valence-corrected chi connectivity index (χ1v) is 10.1. The number of aromatic nitrogens is 3. The number of methoxy groups -OCH3 is 1. The topological polar surface area (TPSA) is 107 Å². The molecule has 4 N–H and O–H groups in total. The summed E-state index contributed by atoms with van der Waals surface area (Å²) in [6, 6.07) is 8.06. The maximum atomic E-state index is 14.6. The second-order valence-electron chi connectivity index (χ2n) is 7.26. The molecule has 1 amide bonds. The average Bonchev–Trinajstić information content (AvgIpc) is 3.24. The number of hydrogen-bond acceptors (Lipinski definition) is 6. The smallest absolute Gasteiger partial charge is 0.251 e. The second kappa shape index (κ2) is 9.21. The average molecular weight is 452 g/mol. The molecule has 0 atom stereocenters. The predicted molar refractivity (Wildman–Crippen MR) is 121 cm³/mol. The van der Waals surface area contributed by atoms with Crippen molar-refractivity contribution in [3.05, 3.63) is 71.7 Å². The fourth-order valence-corrected chi connectivity index (χ4v) is 3.51. The number of halogens is 2. The molecule has 10 heteroatoms. The van der Waals surface area contributed by atoms with Gasteiger partial charge < -0.3 is 21.1 Å². The number of hydrogen-bond donors (Lipinski definition) is 3. The molecule has 170 valence electrons. The Morgan fingerprint density at radius 3 is 2.73 bits per heavy atom. The molecule has 2 heterocycles. The highest BCUT2D eigenvalue weighted by molar-refractivity contribution is 5.96. The van der Waals surface area contributed by atoms with Crippen molar-refractivity contribution < 1.29 is 18.3 Å². The van der Waals surface area contributed by atoms with Crippen molar-refractivity contribution >= 4 is 23.1 Å². The van der Waals surface area contributed by atoms with Crippen LogP contribution in [-0.2, 0) is 0 Å². The number of nitrogens with one attached hydrogen (secondary N) is 2. The van der Waals surface area contributed by atoms with Crippen molar-refractivity contribution in [1.29, 1.82) is 0 Å². The number of aryl methyl sites for hydroxylation is 1. The number of imidazole rings is 1. The number of nitrogens with zero attached hydrogens (tertiary/aromatic N) is 3. The molecule has 4 aromatic rings. The Bertz CT molecular complexity index is 1340. The van der Waals surface area contributed by atoms with E-state index in [0.717, 1.165) is 5.56 Å². The van der Waals surface area contributed by atoms with E-state index >= 15 is 0 Å².